The van der Waals surface area contributed by atoms with Crippen molar-refractivity contribution < 1.29 is 0 Å². The van der Waals surface area contributed by atoms with Crippen molar-refractivity contribution in [3.05, 3.63) is 0 Å². The van der Waals surface area contributed by atoms with Gasteiger partial charge in [0.05, 0.1) is 4.99 Å². The minimum atomic E-state index is 0.631. The van der Waals surface area contributed by atoms with Gasteiger partial charge in [-0.05, 0) is 12.8 Å². The van der Waals surface area contributed by atoms with E-state index < -0.39 is 0 Å². The lowest BCUT2D eigenvalue weighted by Gasteiger charge is -2.40. The highest BCUT2D eigenvalue weighted by molar-refractivity contribution is 7.80. The van der Waals surface area contributed by atoms with E-state index in [4.69, 9.17) is 18.0 Å². The fraction of sp³-hybridized carbons (Fsp3) is 0.917. The molecule has 0 aromatic rings. The maximum atomic E-state index is 5.58. The number of thiocarbonyl (C=S) groups is 1. The summed E-state index contributed by atoms with van der Waals surface area (Å²) in [7, 11) is 0. The Balaban J connectivity index is 1.73. The van der Waals surface area contributed by atoms with Crippen molar-refractivity contribution in [3.63, 3.8) is 0 Å². The largest absolute Gasteiger partial charge is 0.392 e. The summed E-state index contributed by atoms with van der Waals surface area (Å²) in [5.41, 5.74) is 5.58. The van der Waals surface area contributed by atoms with Crippen LogP contribution in [-0.4, -0.2) is 53.6 Å². The monoisotopic (exact) mass is 241 g/mol. The quantitative estimate of drug-likeness (QED) is 0.753. The van der Waals surface area contributed by atoms with E-state index >= 15 is 0 Å². The Morgan fingerprint density at radius 2 is 1.69 bits per heavy atom. The van der Waals surface area contributed by atoms with Crippen molar-refractivity contribution in [2.75, 3.05) is 32.7 Å². The zero-order valence-corrected chi connectivity index (χ0v) is 10.8. The predicted octanol–water partition coefficient (Wildman–Crippen LogP) is 1.22. The molecule has 1 saturated heterocycles. The van der Waals surface area contributed by atoms with Crippen LogP contribution in [0.3, 0.4) is 0 Å². The van der Waals surface area contributed by atoms with Crippen LogP contribution in [0.25, 0.3) is 0 Å². The van der Waals surface area contributed by atoms with Gasteiger partial charge in [0.25, 0.3) is 0 Å². The molecule has 0 aromatic carbocycles. The van der Waals surface area contributed by atoms with Crippen molar-refractivity contribution in [2.24, 2.45) is 5.73 Å². The van der Waals surface area contributed by atoms with Crippen molar-refractivity contribution >= 4 is 17.2 Å². The average molecular weight is 241 g/mol. The van der Waals surface area contributed by atoms with Gasteiger partial charge in [-0.15, -0.1) is 0 Å². The summed E-state index contributed by atoms with van der Waals surface area (Å²) in [6.07, 6.45) is 7.12. The molecule has 92 valence electrons. The first-order valence-electron chi connectivity index (χ1n) is 6.50. The van der Waals surface area contributed by atoms with E-state index in [0.717, 1.165) is 25.7 Å². The Morgan fingerprint density at radius 1 is 1.06 bits per heavy atom. The van der Waals surface area contributed by atoms with Crippen LogP contribution in [0.15, 0.2) is 0 Å². The zero-order chi connectivity index (χ0) is 11.4. The Kier molecular flexibility index (Phi) is 4.55. The van der Waals surface area contributed by atoms with Crippen molar-refractivity contribution in [1.29, 1.82) is 0 Å². The first-order chi connectivity index (χ1) is 7.75. The van der Waals surface area contributed by atoms with Crippen LogP contribution in [0, 0.1) is 0 Å². The van der Waals surface area contributed by atoms with E-state index in [-0.39, 0.29) is 0 Å². The lowest BCUT2D eigenvalue weighted by Crippen LogP contribution is -2.52. The molecule has 16 heavy (non-hydrogen) atoms. The molecule has 3 nitrogen and oxygen atoms in total. The second-order valence-electron chi connectivity index (χ2n) is 5.07. The smallest absolute Gasteiger partial charge is 0.0870 e. The van der Waals surface area contributed by atoms with E-state index in [1.807, 2.05) is 0 Å². The van der Waals surface area contributed by atoms with Crippen molar-refractivity contribution in [3.8, 4) is 0 Å². The normalized spacial score (nSPS) is 25.8. The molecular weight excluding hydrogens is 218 g/mol. The Labute approximate surface area is 104 Å². The second-order valence-corrected chi connectivity index (χ2v) is 5.59. The minimum absolute atomic E-state index is 0.631. The molecule has 2 N–H and O–H groups in total. The third-order valence-corrected chi connectivity index (χ3v) is 4.01. The lowest BCUT2D eigenvalue weighted by molar-refractivity contribution is 0.0866. The number of rotatable bonds is 3. The van der Waals surface area contributed by atoms with Crippen LogP contribution in [-0.2, 0) is 0 Å². The summed E-state index contributed by atoms with van der Waals surface area (Å²) in [5, 5.41) is 0. The highest BCUT2D eigenvalue weighted by Gasteiger charge is 2.24. The maximum absolute atomic E-state index is 5.58. The van der Waals surface area contributed by atoms with Gasteiger partial charge >= 0.3 is 0 Å². The molecule has 2 rings (SSSR count). The molecule has 0 atom stereocenters. The summed E-state index contributed by atoms with van der Waals surface area (Å²) in [6, 6.07) is 0.862. The molecular formula is C12H23N3S. The fourth-order valence-electron chi connectivity index (χ4n) is 2.95. The van der Waals surface area contributed by atoms with E-state index in [9.17, 15) is 0 Å². The Bertz CT molecular complexity index is 230. The minimum Gasteiger partial charge on any atom is -0.392 e. The first-order valence-corrected chi connectivity index (χ1v) is 6.91. The highest BCUT2D eigenvalue weighted by atomic mass is 32.1. The number of piperazine rings is 1. The molecule has 2 aliphatic rings. The molecule has 1 saturated carbocycles. The molecule has 0 unspecified atom stereocenters. The van der Waals surface area contributed by atoms with Gasteiger partial charge in [-0.1, -0.05) is 31.5 Å². The molecule has 0 bridgehead atoms. The lowest BCUT2D eigenvalue weighted by atomic mass is 9.94. The van der Waals surface area contributed by atoms with Crippen LogP contribution in [0.4, 0.5) is 0 Å². The van der Waals surface area contributed by atoms with E-state index in [0.29, 0.717) is 4.99 Å². The fourth-order valence-corrected chi connectivity index (χ4v) is 3.14. The van der Waals surface area contributed by atoms with Gasteiger partial charge in [-0.25, -0.2) is 0 Å². The van der Waals surface area contributed by atoms with Crippen LogP contribution in [0.5, 0.6) is 0 Å². The molecule has 0 radical (unpaired) electrons. The molecule has 1 heterocycles. The van der Waals surface area contributed by atoms with E-state index in [1.54, 1.807) is 0 Å². The summed E-state index contributed by atoms with van der Waals surface area (Å²) < 4.78 is 0. The van der Waals surface area contributed by atoms with E-state index in [2.05, 4.69) is 9.80 Å². The maximum Gasteiger partial charge on any atom is 0.0870 e. The molecule has 0 spiro atoms. The summed E-state index contributed by atoms with van der Waals surface area (Å²) >= 11 is 4.95. The van der Waals surface area contributed by atoms with Crippen molar-refractivity contribution in [2.45, 2.75) is 38.1 Å². The van der Waals surface area contributed by atoms with Gasteiger partial charge in [0, 0.05) is 38.8 Å². The molecule has 1 aliphatic heterocycles. The molecule has 2 fully saturated rings. The van der Waals surface area contributed by atoms with Gasteiger partial charge < -0.3 is 5.73 Å². The van der Waals surface area contributed by atoms with Crippen molar-refractivity contribution in [1.82, 2.24) is 9.80 Å². The third kappa shape index (κ3) is 3.40. The zero-order valence-electron chi connectivity index (χ0n) is 10.0. The third-order valence-electron chi connectivity index (χ3n) is 3.88. The second kappa shape index (κ2) is 5.94. The van der Waals surface area contributed by atoms with Crippen LogP contribution >= 0.6 is 12.2 Å². The summed E-state index contributed by atoms with van der Waals surface area (Å²) in [5.74, 6) is 0. The molecule has 1 aliphatic carbocycles. The average Bonchev–Trinajstić information content (AvgIpc) is 2.30. The van der Waals surface area contributed by atoms with Crippen LogP contribution < -0.4 is 5.73 Å². The molecule has 4 heteroatoms. The van der Waals surface area contributed by atoms with E-state index in [1.165, 1.54) is 45.2 Å². The topological polar surface area (TPSA) is 32.5 Å². The predicted molar refractivity (Wildman–Crippen MR) is 71.7 cm³/mol. The van der Waals surface area contributed by atoms with Gasteiger partial charge in [-0.3, -0.25) is 9.80 Å². The van der Waals surface area contributed by atoms with Gasteiger partial charge in [0.2, 0.25) is 0 Å². The van der Waals surface area contributed by atoms with Crippen LogP contribution in [0.1, 0.15) is 32.1 Å². The number of hydrogen-bond donors (Lipinski definition) is 1. The summed E-state index contributed by atoms with van der Waals surface area (Å²) in [6.45, 7) is 5.47. The molecule has 0 amide bonds. The van der Waals surface area contributed by atoms with Gasteiger partial charge in [0.1, 0.15) is 0 Å². The molecule has 0 aromatic heterocycles. The Morgan fingerprint density at radius 3 is 2.25 bits per heavy atom. The number of nitrogens with zero attached hydrogens (tertiary/aromatic N) is 2. The number of hydrogen-bond acceptors (Lipinski definition) is 3. The number of nitrogens with two attached hydrogens (primary N) is 1. The summed E-state index contributed by atoms with van der Waals surface area (Å²) in [4.78, 5) is 5.68. The highest BCUT2D eigenvalue weighted by Crippen LogP contribution is 2.23. The standard InChI is InChI=1S/C12H23N3S/c13-12(16)10-14-6-8-15(9-7-14)11-4-2-1-3-5-11/h11H,1-10H2,(H2,13,16). The Hall–Kier alpha value is -0.190. The SMILES string of the molecule is NC(=S)CN1CCN(C2CCCCC2)CC1. The van der Waals surface area contributed by atoms with Gasteiger partial charge in [0.15, 0.2) is 0 Å². The van der Waals surface area contributed by atoms with Gasteiger partial charge in [-0.2, -0.15) is 0 Å². The first kappa shape index (κ1) is 12.3. The van der Waals surface area contributed by atoms with Crippen LogP contribution in [0.2, 0.25) is 0 Å².